The molecular formula is C16H13F3O. The molecule has 0 aliphatic carbocycles. The molecule has 4 heteroatoms. The van der Waals surface area contributed by atoms with E-state index in [1.54, 1.807) is 0 Å². The zero-order valence-corrected chi connectivity index (χ0v) is 10.7. The van der Waals surface area contributed by atoms with Crippen LogP contribution in [0.4, 0.5) is 13.2 Å². The third kappa shape index (κ3) is 3.41. The van der Waals surface area contributed by atoms with Crippen molar-refractivity contribution in [2.45, 2.75) is 12.8 Å². The van der Waals surface area contributed by atoms with Crippen molar-refractivity contribution < 1.29 is 17.9 Å². The topological polar surface area (TPSA) is 9.23 Å². The minimum atomic E-state index is -4.38. The van der Waals surface area contributed by atoms with E-state index in [2.05, 4.69) is 6.58 Å². The van der Waals surface area contributed by atoms with Crippen LogP contribution in [0.25, 0.3) is 6.08 Å². The van der Waals surface area contributed by atoms with Crippen LogP contribution in [0.2, 0.25) is 0 Å². The molecule has 0 fully saturated rings. The van der Waals surface area contributed by atoms with Crippen molar-refractivity contribution in [3.8, 4) is 5.75 Å². The van der Waals surface area contributed by atoms with Crippen molar-refractivity contribution >= 4 is 6.08 Å². The Hall–Kier alpha value is -2.23. The van der Waals surface area contributed by atoms with Gasteiger partial charge in [0, 0.05) is 5.56 Å². The van der Waals surface area contributed by atoms with Crippen LogP contribution in [0.3, 0.4) is 0 Å². The molecule has 0 radical (unpaired) electrons. The van der Waals surface area contributed by atoms with Crippen LogP contribution >= 0.6 is 0 Å². The van der Waals surface area contributed by atoms with Gasteiger partial charge in [-0.25, -0.2) is 0 Å². The van der Waals surface area contributed by atoms with Crippen molar-refractivity contribution in [3.05, 3.63) is 71.8 Å². The molecule has 0 N–H and O–H groups in total. The first-order valence-electron chi connectivity index (χ1n) is 6.01. The van der Waals surface area contributed by atoms with Crippen LogP contribution in [-0.4, -0.2) is 0 Å². The molecule has 20 heavy (non-hydrogen) atoms. The van der Waals surface area contributed by atoms with Gasteiger partial charge in [0.25, 0.3) is 0 Å². The Labute approximate surface area is 115 Å². The summed E-state index contributed by atoms with van der Waals surface area (Å²) in [4.78, 5) is 0. The van der Waals surface area contributed by atoms with Crippen LogP contribution < -0.4 is 4.74 Å². The zero-order chi connectivity index (χ0) is 14.6. The second-order valence-corrected chi connectivity index (χ2v) is 4.23. The maximum atomic E-state index is 12.7. The fourth-order valence-electron chi connectivity index (χ4n) is 1.74. The summed E-state index contributed by atoms with van der Waals surface area (Å²) in [6.45, 7) is 3.79. The Morgan fingerprint density at radius 1 is 1.05 bits per heavy atom. The van der Waals surface area contributed by atoms with E-state index in [0.29, 0.717) is 5.56 Å². The van der Waals surface area contributed by atoms with Crippen molar-refractivity contribution in [2.24, 2.45) is 0 Å². The van der Waals surface area contributed by atoms with Crippen LogP contribution in [0, 0.1) is 0 Å². The van der Waals surface area contributed by atoms with E-state index in [1.807, 2.05) is 30.3 Å². The number of rotatable bonds is 4. The molecule has 0 bridgehead atoms. The van der Waals surface area contributed by atoms with Crippen LogP contribution in [0.5, 0.6) is 5.75 Å². The lowest BCUT2D eigenvalue weighted by Crippen LogP contribution is -2.06. The molecule has 0 aromatic heterocycles. The molecular weight excluding hydrogens is 265 g/mol. The Kier molecular flexibility index (Phi) is 4.13. The van der Waals surface area contributed by atoms with E-state index in [0.717, 1.165) is 17.7 Å². The van der Waals surface area contributed by atoms with Crippen LogP contribution in [0.1, 0.15) is 16.7 Å². The van der Waals surface area contributed by atoms with E-state index < -0.39 is 11.7 Å². The highest BCUT2D eigenvalue weighted by Crippen LogP contribution is 2.33. The number of hydrogen-bond acceptors (Lipinski definition) is 1. The summed E-state index contributed by atoms with van der Waals surface area (Å²) in [7, 11) is 0. The van der Waals surface area contributed by atoms with Gasteiger partial charge in [0.1, 0.15) is 12.4 Å². The highest BCUT2D eigenvalue weighted by Gasteiger charge is 2.31. The van der Waals surface area contributed by atoms with E-state index in [1.165, 1.54) is 12.1 Å². The lowest BCUT2D eigenvalue weighted by molar-refractivity contribution is -0.137. The molecule has 0 heterocycles. The van der Waals surface area contributed by atoms with Gasteiger partial charge in [0.2, 0.25) is 0 Å². The number of ether oxygens (including phenoxy) is 1. The molecule has 0 aliphatic heterocycles. The molecule has 2 rings (SSSR count). The monoisotopic (exact) mass is 278 g/mol. The maximum absolute atomic E-state index is 12.7. The third-order valence-corrected chi connectivity index (χ3v) is 2.80. The molecule has 2 aromatic rings. The maximum Gasteiger partial charge on any atom is 0.416 e. The Balaban J connectivity index is 2.23. The number of halogens is 3. The number of benzene rings is 2. The van der Waals surface area contributed by atoms with Gasteiger partial charge in [-0.05, 0) is 17.7 Å². The van der Waals surface area contributed by atoms with E-state index >= 15 is 0 Å². The molecule has 0 amide bonds. The Morgan fingerprint density at radius 3 is 2.35 bits per heavy atom. The first kappa shape index (κ1) is 14.2. The summed E-state index contributed by atoms with van der Waals surface area (Å²) < 4.78 is 43.5. The SMILES string of the molecule is C=Cc1ccc(C(F)(F)F)cc1OCc1ccccc1. The van der Waals surface area contributed by atoms with E-state index in [4.69, 9.17) is 4.74 Å². The summed E-state index contributed by atoms with van der Waals surface area (Å²) in [5.41, 5.74) is 0.694. The smallest absolute Gasteiger partial charge is 0.416 e. The lowest BCUT2D eigenvalue weighted by atomic mass is 10.1. The summed E-state index contributed by atoms with van der Waals surface area (Å²) in [5.74, 6) is 0.179. The van der Waals surface area contributed by atoms with Crippen LogP contribution in [0.15, 0.2) is 55.1 Å². The minimum Gasteiger partial charge on any atom is -0.488 e. The van der Waals surface area contributed by atoms with Gasteiger partial charge in [-0.1, -0.05) is 49.1 Å². The first-order chi connectivity index (χ1) is 9.50. The summed E-state index contributed by atoms with van der Waals surface area (Å²) in [6, 6.07) is 12.6. The van der Waals surface area contributed by atoms with Gasteiger partial charge in [0.15, 0.2) is 0 Å². The predicted octanol–water partition coefficient (Wildman–Crippen LogP) is 4.93. The zero-order valence-electron chi connectivity index (χ0n) is 10.7. The summed E-state index contributed by atoms with van der Waals surface area (Å²) in [6.07, 6.45) is -2.91. The van der Waals surface area contributed by atoms with Gasteiger partial charge in [-0.2, -0.15) is 13.2 Å². The quantitative estimate of drug-likeness (QED) is 0.770. The second-order valence-electron chi connectivity index (χ2n) is 4.23. The molecule has 0 atom stereocenters. The molecule has 2 aromatic carbocycles. The van der Waals surface area contributed by atoms with Crippen molar-refractivity contribution in [1.82, 2.24) is 0 Å². The standard InChI is InChI=1S/C16H13F3O/c1-2-13-8-9-14(16(17,18)19)10-15(13)20-11-12-6-4-3-5-7-12/h2-10H,1,11H2. The van der Waals surface area contributed by atoms with Gasteiger partial charge >= 0.3 is 6.18 Å². The molecule has 0 saturated carbocycles. The summed E-state index contributed by atoms with van der Waals surface area (Å²) in [5, 5.41) is 0. The first-order valence-corrected chi connectivity index (χ1v) is 6.01. The molecule has 104 valence electrons. The third-order valence-electron chi connectivity index (χ3n) is 2.80. The van der Waals surface area contributed by atoms with Gasteiger partial charge in [0.05, 0.1) is 5.56 Å². The van der Waals surface area contributed by atoms with E-state index in [-0.39, 0.29) is 12.4 Å². The highest BCUT2D eigenvalue weighted by molar-refractivity contribution is 5.57. The van der Waals surface area contributed by atoms with Crippen molar-refractivity contribution in [2.75, 3.05) is 0 Å². The summed E-state index contributed by atoms with van der Waals surface area (Å²) >= 11 is 0. The lowest BCUT2D eigenvalue weighted by Gasteiger charge is -2.13. The Bertz CT molecular complexity index is 588. The molecule has 0 unspecified atom stereocenters. The van der Waals surface area contributed by atoms with Crippen molar-refractivity contribution in [1.29, 1.82) is 0 Å². The fourth-order valence-corrected chi connectivity index (χ4v) is 1.74. The number of alkyl halides is 3. The minimum absolute atomic E-state index is 0.179. The average Bonchev–Trinajstić information content (AvgIpc) is 2.45. The van der Waals surface area contributed by atoms with Gasteiger partial charge in [-0.15, -0.1) is 0 Å². The molecule has 0 aliphatic rings. The van der Waals surface area contributed by atoms with Gasteiger partial charge in [-0.3, -0.25) is 0 Å². The predicted molar refractivity (Wildman–Crippen MR) is 72.3 cm³/mol. The second kappa shape index (κ2) is 5.82. The molecule has 1 nitrogen and oxygen atoms in total. The highest BCUT2D eigenvalue weighted by atomic mass is 19.4. The molecule has 0 spiro atoms. The van der Waals surface area contributed by atoms with Gasteiger partial charge < -0.3 is 4.74 Å². The normalized spacial score (nSPS) is 11.2. The average molecular weight is 278 g/mol. The van der Waals surface area contributed by atoms with Crippen molar-refractivity contribution in [3.63, 3.8) is 0 Å². The molecule has 0 saturated heterocycles. The number of hydrogen-bond donors (Lipinski definition) is 0. The largest absolute Gasteiger partial charge is 0.488 e. The van der Waals surface area contributed by atoms with E-state index in [9.17, 15) is 13.2 Å². The fraction of sp³-hybridized carbons (Fsp3) is 0.125. The van der Waals surface area contributed by atoms with Crippen LogP contribution in [-0.2, 0) is 12.8 Å². The Morgan fingerprint density at radius 2 is 1.75 bits per heavy atom.